The SMILES string of the molecule is CN1CCC(Nc2nc(Cl)nc3[nH]ncc23)C1=O. The molecule has 2 aromatic rings. The van der Waals surface area contributed by atoms with Crippen molar-refractivity contribution in [3.05, 3.63) is 11.5 Å². The molecule has 94 valence electrons. The highest BCUT2D eigenvalue weighted by atomic mass is 35.5. The van der Waals surface area contributed by atoms with Crippen molar-refractivity contribution < 1.29 is 4.79 Å². The van der Waals surface area contributed by atoms with Crippen LogP contribution < -0.4 is 5.32 Å². The maximum atomic E-state index is 11.8. The number of H-pyrrole nitrogens is 1. The lowest BCUT2D eigenvalue weighted by molar-refractivity contribution is -0.127. The first kappa shape index (κ1) is 11.2. The molecule has 1 aliphatic rings. The summed E-state index contributed by atoms with van der Waals surface area (Å²) >= 11 is 5.83. The zero-order valence-corrected chi connectivity index (χ0v) is 10.4. The summed E-state index contributed by atoms with van der Waals surface area (Å²) in [6.07, 6.45) is 2.35. The molecule has 1 saturated heterocycles. The van der Waals surface area contributed by atoms with E-state index < -0.39 is 0 Å². The van der Waals surface area contributed by atoms with E-state index in [2.05, 4.69) is 25.5 Å². The minimum absolute atomic E-state index is 0.0568. The van der Waals surface area contributed by atoms with E-state index in [1.165, 1.54) is 0 Å². The van der Waals surface area contributed by atoms with Crippen LogP contribution in [-0.2, 0) is 4.79 Å². The van der Waals surface area contributed by atoms with E-state index in [-0.39, 0.29) is 17.2 Å². The minimum atomic E-state index is -0.265. The molecule has 0 spiro atoms. The first-order valence-electron chi connectivity index (χ1n) is 5.53. The number of likely N-dealkylation sites (tertiary alicyclic amines) is 1. The first-order chi connectivity index (χ1) is 8.65. The molecule has 1 unspecified atom stereocenters. The second kappa shape index (κ2) is 4.09. The first-order valence-corrected chi connectivity index (χ1v) is 5.91. The van der Waals surface area contributed by atoms with Crippen molar-refractivity contribution in [1.29, 1.82) is 0 Å². The Morgan fingerprint density at radius 3 is 3.11 bits per heavy atom. The molecule has 1 atom stereocenters. The summed E-state index contributed by atoms with van der Waals surface area (Å²) in [7, 11) is 1.78. The van der Waals surface area contributed by atoms with Crippen molar-refractivity contribution in [2.45, 2.75) is 12.5 Å². The van der Waals surface area contributed by atoms with Crippen molar-refractivity contribution >= 4 is 34.4 Å². The van der Waals surface area contributed by atoms with Gasteiger partial charge in [0.05, 0.1) is 11.6 Å². The number of hydrogen-bond donors (Lipinski definition) is 2. The van der Waals surface area contributed by atoms with Crippen molar-refractivity contribution in [2.24, 2.45) is 0 Å². The van der Waals surface area contributed by atoms with E-state index in [0.717, 1.165) is 18.4 Å². The Morgan fingerprint density at radius 2 is 2.39 bits per heavy atom. The third kappa shape index (κ3) is 1.76. The highest BCUT2D eigenvalue weighted by Gasteiger charge is 2.29. The second-order valence-electron chi connectivity index (χ2n) is 4.22. The lowest BCUT2D eigenvalue weighted by Gasteiger charge is -2.13. The third-order valence-electron chi connectivity index (χ3n) is 3.02. The summed E-state index contributed by atoms with van der Waals surface area (Å²) in [5.74, 6) is 0.591. The fraction of sp³-hybridized carbons (Fsp3) is 0.400. The largest absolute Gasteiger partial charge is 0.358 e. The fourth-order valence-corrected chi connectivity index (χ4v) is 2.21. The van der Waals surface area contributed by atoms with E-state index in [1.54, 1.807) is 18.1 Å². The van der Waals surface area contributed by atoms with Crippen molar-refractivity contribution in [1.82, 2.24) is 25.1 Å². The van der Waals surface area contributed by atoms with E-state index in [4.69, 9.17) is 11.6 Å². The predicted molar refractivity (Wildman–Crippen MR) is 66.4 cm³/mol. The van der Waals surface area contributed by atoms with Gasteiger partial charge in [0, 0.05) is 13.6 Å². The van der Waals surface area contributed by atoms with Gasteiger partial charge in [-0.2, -0.15) is 15.1 Å². The molecule has 0 bridgehead atoms. The predicted octanol–water partition coefficient (Wildman–Crippen LogP) is 0.649. The van der Waals surface area contributed by atoms with Crippen LogP contribution in [0, 0.1) is 0 Å². The highest BCUT2D eigenvalue weighted by molar-refractivity contribution is 6.28. The Balaban J connectivity index is 1.95. The number of halogens is 1. The number of carbonyl (C=O) groups excluding carboxylic acids is 1. The summed E-state index contributed by atoms with van der Waals surface area (Å²) in [6.45, 7) is 0.740. The molecule has 7 nitrogen and oxygen atoms in total. The number of amides is 1. The zero-order chi connectivity index (χ0) is 12.7. The maximum Gasteiger partial charge on any atom is 0.244 e. The average molecular weight is 267 g/mol. The van der Waals surface area contributed by atoms with E-state index in [9.17, 15) is 4.79 Å². The van der Waals surface area contributed by atoms with E-state index in [1.807, 2.05) is 0 Å². The Bertz CT molecular complexity index is 611. The van der Waals surface area contributed by atoms with Crippen LogP contribution in [0.4, 0.5) is 5.82 Å². The molecule has 0 radical (unpaired) electrons. The van der Waals surface area contributed by atoms with Gasteiger partial charge >= 0.3 is 0 Å². The van der Waals surface area contributed by atoms with E-state index in [0.29, 0.717) is 11.5 Å². The molecule has 1 fully saturated rings. The average Bonchev–Trinajstić information content (AvgIpc) is 2.90. The van der Waals surface area contributed by atoms with Gasteiger partial charge in [0.25, 0.3) is 0 Å². The van der Waals surface area contributed by atoms with Crippen LogP contribution >= 0.6 is 11.6 Å². The Hall–Kier alpha value is -1.89. The van der Waals surface area contributed by atoms with Gasteiger partial charge in [-0.15, -0.1) is 0 Å². The molecule has 2 aromatic heterocycles. The van der Waals surface area contributed by atoms with Crippen LogP contribution in [0.1, 0.15) is 6.42 Å². The summed E-state index contributed by atoms with van der Waals surface area (Å²) in [5, 5.41) is 10.6. The van der Waals surface area contributed by atoms with Gasteiger partial charge in [0.15, 0.2) is 5.65 Å². The van der Waals surface area contributed by atoms with Crippen LogP contribution in [0.25, 0.3) is 11.0 Å². The third-order valence-corrected chi connectivity index (χ3v) is 3.19. The fourth-order valence-electron chi connectivity index (χ4n) is 2.04. The molecule has 1 amide bonds. The Morgan fingerprint density at radius 1 is 1.56 bits per heavy atom. The van der Waals surface area contributed by atoms with Crippen molar-refractivity contribution in [3.8, 4) is 0 Å². The second-order valence-corrected chi connectivity index (χ2v) is 4.56. The van der Waals surface area contributed by atoms with Gasteiger partial charge in [-0.1, -0.05) is 0 Å². The molecule has 0 aliphatic carbocycles. The molecule has 3 heterocycles. The monoisotopic (exact) mass is 266 g/mol. The summed E-state index contributed by atoms with van der Waals surface area (Å²) < 4.78 is 0. The van der Waals surface area contributed by atoms with Crippen LogP contribution in [0.15, 0.2) is 6.20 Å². The van der Waals surface area contributed by atoms with Gasteiger partial charge in [-0.05, 0) is 18.0 Å². The number of rotatable bonds is 2. The Labute approximate surface area is 108 Å². The van der Waals surface area contributed by atoms with Crippen molar-refractivity contribution in [2.75, 3.05) is 18.9 Å². The normalized spacial score (nSPS) is 19.8. The number of aromatic amines is 1. The van der Waals surface area contributed by atoms with Gasteiger partial charge in [-0.25, -0.2) is 0 Å². The number of nitrogens with one attached hydrogen (secondary N) is 2. The highest BCUT2D eigenvalue weighted by Crippen LogP contribution is 2.22. The molecule has 2 N–H and O–H groups in total. The number of fused-ring (bicyclic) bond motifs is 1. The van der Waals surface area contributed by atoms with Crippen LogP contribution in [-0.4, -0.2) is 50.6 Å². The minimum Gasteiger partial charge on any atom is -0.358 e. The standard InChI is InChI=1S/C10H11ClN6O/c1-17-3-2-6(9(17)18)13-7-5-4-12-16-8(5)15-10(11)14-7/h4,6H,2-3H2,1H3,(H2,12,13,14,15,16). The van der Waals surface area contributed by atoms with Gasteiger partial charge in [-0.3, -0.25) is 9.89 Å². The number of likely N-dealkylation sites (N-methyl/N-ethyl adjacent to an activating group) is 1. The number of hydrogen-bond acceptors (Lipinski definition) is 5. The van der Waals surface area contributed by atoms with Crippen LogP contribution in [0.2, 0.25) is 5.28 Å². The Kier molecular flexibility index (Phi) is 2.55. The van der Waals surface area contributed by atoms with Gasteiger partial charge < -0.3 is 10.2 Å². The summed E-state index contributed by atoms with van der Waals surface area (Å²) in [6, 6.07) is -0.265. The molecule has 1 aliphatic heterocycles. The van der Waals surface area contributed by atoms with Crippen LogP contribution in [0.3, 0.4) is 0 Å². The quantitative estimate of drug-likeness (QED) is 0.780. The number of nitrogens with zero attached hydrogens (tertiary/aromatic N) is 4. The zero-order valence-electron chi connectivity index (χ0n) is 9.64. The molecule has 0 aromatic carbocycles. The smallest absolute Gasteiger partial charge is 0.244 e. The molecule has 3 rings (SSSR count). The van der Waals surface area contributed by atoms with E-state index >= 15 is 0 Å². The summed E-state index contributed by atoms with van der Waals surface area (Å²) in [5.41, 5.74) is 0.552. The molecule has 8 heteroatoms. The molecular formula is C10H11ClN6O. The maximum absolute atomic E-state index is 11.8. The molecular weight excluding hydrogens is 256 g/mol. The van der Waals surface area contributed by atoms with Gasteiger partial charge in [0.2, 0.25) is 11.2 Å². The lowest BCUT2D eigenvalue weighted by Crippen LogP contribution is -2.31. The number of aromatic nitrogens is 4. The lowest BCUT2D eigenvalue weighted by atomic mass is 10.2. The molecule has 0 saturated carbocycles. The summed E-state index contributed by atoms with van der Waals surface area (Å²) in [4.78, 5) is 21.6. The van der Waals surface area contributed by atoms with Crippen LogP contribution in [0.5, 0.6) is 0 Å². The molecule has 18 heavy (non-hydrogen) atoms. The van der Waals surface area contributed by atoms with Gasteiger partial charge in [0.1, 0.15) is 11.9 Å². The number of carbonyl (C=O) groups is 1. The number of anilines is 1. The van der Waals surface area contributed by atoms with Crippen molar-refractivity contribution in [3.63, 3.8) is 0 Å². The topological polar surface area (TPSA) is 86.8 Å².